The summed E-state index contributed by atoms with van der Waals surface area (Å²) in [5.74, 6) is 1.57. The van der Waals surface area contributed by atoms with Crippen LogP contribution in [0.25, 0.3) is 11.2 Å². The summed E-state index contributed by atoms with van der Waals surface area (Å²) in [6, 6.07) is 6.54. The van der Waals surface area contributed by atoms with Gasteiger partial charge in [0.1, 0.15) is 11.3 Å². The van der Waals surface area contributed by atoms with Gasteiger partial charge in [-0.15, -0.1) is 22.9 Å². The predicted octanol–water partition coefficient (Wildman–Crippen LogP) is 5.04. The van der Waals surface area contributed by atoms with Gasteiger partial charge in [0, 0.05) is 27.8 Å². The molecule has 3 rings (SSSR count). The molecule has 0 N–H and O–H groups in total. The molecule has 21 heavy (non-hydrogen) atoms. The van der Waals surface area contributed by atoms with Crippen molar-refractivity contribution in [3.63, 3.8) is 0 Å². The molecule has 3 heterocycles. The third-order valence-corrected chi connectivity index (χ3v) is 5.05. The fourth-order valence-electron chi connectivity index (χ4n) is 2.58. The topological polar surface area (TPSA) is 30.7 Å². The molecule has 0 spiro atoms. The van der Waals surface area contributed by atoms with Gasteiger partial charge in [-0.3, -0.25) is 0 Å². The first kappa shape index (κ1) is 15.0. The van der Waals surface area contributed by atoms with Gasteiger partial charge in [-0.25, -0.2) is 9.97 Å². The first-order chi connectivity index (χ1) is 10.2. The van der Waals surface area contributed by atoms with Crippen molar-refractivity contribution < 1.29 is 0 Å². The largest absolute Gasteiger partial charge is 0.304 e. The monoisotopic (exact) mass is 383 g/mol. The summed E-state index contributed by atoms with van der Waals surface area (Å²) in [6.07, 6.45) is 3.57. The number of hydrogen-bond acceptors (Lipinski definition) is 3. The number of halogens is 2. The average Bonchev–Trinajstić information content (AvgIpc) is 3.09. The van der Waals surface area contributed by atoms with Crippen LogP contribution in [0.1, 0.15) is 30.1 Å². The van der Waals surface area contributed by atoms with E-state index in [1.54, 1.807) is 11.3 Å². The van der Waals surface area contributed by atoms with Crippen LogP contribution in [0.3, 0.4) is 0 Å². The number of pyridine rings is 1. The molecule has 3 aromatic rings. The van der Waals surface area contributed by atoms with E-state index in [0.717, 1.165) is 34.3 Å². The normalized spacial score (nSPS) is 12.9. The number of aromatic nitrogens is 3. The van der Waals surface area contributed by atoms with Crippen LogP contribution >= 0.6 is 38.9 Å². The summed E-state index contributed by atoms with van der Waals surface area (Å²) in [6.45, 7) is 2.19. The summed E-state index contributed by atoms with van der Waals surface area (Å²) in [5.41, 5.74) is 1.85. The van der Waals surface area contributed by atoms with Crippen LogP contribution in [0.15, 0.2) is 34.2 Å². The van der Waals surface area contributed by atoms with E-state index in [1.165, 1.54) is 4.88 Å². The van der Waals surface area contributed by atoms with Crippen molar-refractivity contribution in [1.29, 1.82) is 0 Å². The molecule has 3 aromatic heterocycles. The van der Waals surface area contributed by atoms with Crippen molar-refractivity contribution in [3.8, 4) is 0 Å². The second-order valence-electron chi connectivity index (χ2n) is 4.77. The van der Waals surface area contributed by atoms with Crippen LogP contribution in [0, 0.1) is 0 Å². The van der Waals surface area contributed by atoms with Gasteiger partial charge >= 0.3 is 0 Å². The van der Waals surface area contributed by atoms with Crippen molar-refractivity contribution >= 4 is 50.0 Å². The minimum Gasteiger partial charge on any atom is -0.304 e. The Bertz CT molecular complexity index is 739. The molecule has 1 unspecified atom stereocenters. The van der Waals surface area contributed by atoms with Crippen LogP contribution in [-0.4, -0.2) is 20.4 Å². The number of nitrogens with zero attached hydrogens (tertiary/aromatic N) is 3. The molecule has 0 aliphatic heterocycles. The summed E-state index contributed by atoms with van der Waals surface area (Å²) in [4.78, 5) is 10.6. The molecule has 110 valence electrons. The summed E-state index contributed by atoms with van der Waals surface area (Å²) in [5, 5.41) is 2.11. The molecule has 0 aliphatic rings. The van der Waals surface area contributed by atoms with E-state index in [4.69, 9.17) is 16.6 Å². The van der Waals surface area contributed by atoms with Gasteiger partial charge in [-0.1, -0.05) is 13.0 Å². The van der Waals surface area contributed by atoms with Gasteiger partial charge in [0.15, 0.2) is 5.65 Å². The minimum absolute atomic E-state index is 0.266. The zero-order chi connectivity index (χ0) is 14.8. The van der Waals surface area contributed by atoms with Gasteiger partial charge in [-0.2, -0.15) is 0 Å². The number of fused-ring (bicyclic) bond motifs is 1. The smallest absolute Gasteiger partial charge is 0.160 e. The first-order valence-electron chi connectivity index (χ1n) is 6.86. The van der Waals surface area contributed by atoms with E-state index in [-0.39, 0.29) is 6.04 Å². The quantitative estimate of drug-likeness (QED) is 0.577. The zero-order valence-electron chi connectivity index (χ0n) is 11.6. The Kier molecular flexibility index (Phi) is 4.62. The Balaban J connectivity index is 2.20. The van der Waals surface area contributed by atoms with Crippen molar-refractivity contribution in [1.82, 2.24) is 14.5 Å². The van der Waals surface area contributed by atoms with E-state index >= 15 is 0 Å². The third-order valence-electron chi connectivity index (χ3n) is 3.46. The molecule has 1 atom stereocenters. The number of imidazole rings is 1. The van der Waals surface area contributed by atoms with E-state index in [1.807, 2.05) is 12.3 Å². The van der Waals surface area contributed by atoms with Gasteiger partial charge in [0.25, 0.3) is 0 Å². The highest BCUT2D eigenvalue weighted by Gasteiger charge is 2.21. The predicted molar refractivity (Wildman–Crippen MR) is 92.4 cm³/mol. The van der Waals surface area contributed by atoms with Gasteiger partial charge in [0.05, 0.1) is 6.04 Å². The van der Waals surface area contributed by atoms with Crippen LogP contribution in [-0.2, 0) is 6.42 Å². The second kappa shape index (κ2) is 6.46. The third kappa shape index (κ3) is 2.87. The molecule has 0 radical (unpaired) electrons. The average molecular weight is 385 g/mol. The zero-order valence-corrected chi connectivity index (χ0v) is 14.7. The van der Waals surface area contributed by atoms with Gasteiger partial charge in [0.2, 0.25) is 0 Å². The van der Waals surface area contributed by atoms with Gasteiger partial charge in [-0.05, 0) is 39.9 Å². The fraction of sp³-hybridized carbons (Fsp3) is 0.333. The maximum Gasteiger partial charge on any atom is 0.160 e. The van der Waals surface area contributed by atoms with E-state index in [9.17, 15) is 0 Å². The van der Waals surface area contributed by atoms with E-state index in [2.05, 4.69) is 49.9 Å². The standard InChI is InChI=1S/C15H15BrClN3S/c1-2-12(13-4-3-7-21-13)20-14(5-6-17)19-11-8-10(16)9-18-15(11)20/h3-4,7-9,12H,2,5-6H2,1H3. The molecular formula is C15H15BrClN3S. The van der Waals surface area contributed by atoms with Crippen LogP contribution in [0.2, 0.25) is 0 Å². The number of hydrogen-bond donors (Lipinski definition) is 0. The van der Waals surface area contributed by atoms with Crippen molar-refractivity contribution in [2.45, 2.75) is 25.8 Å². The van der Waals surface area contributed by atoms with Crippen molar-refractivity contribution in [2.24, 2.45) is 0 Å². The molecule has 0 aromatic carbocycles. The summed E-state index contributed by atoms with van der Waals surface area (Å²) < 4.78 is 3.19. The number of alkyl halides is 1. The Morgan fingerprint density at radius 3 is 3.00 bits per heavy atom. The molecule has 6 heteroatoms. The van der Waals surface area contributed by atoms with Crippen molar-refractivity contribution in [3.05, 3.63) is 45.0 Å². The Morgan fingerprint density at radius 2 is 2.33 bits per heavy atom. The van der Waals surface area contributed by atoms with Gasteiger partial charge < -0.3 is 4.57 Å². The Morgan fingerprint density at radius 1 is 1.48 bits per heavy atom. The van der Waals surface area contributed by atoms with Crippen LogP contribution in [0.4, 0.5) is 0 Å². The lowest BCUT2D eigenvalue weighted by molar-refractivity contribution is 0.563. The number of rotatable bonds is 5. The van der Waals surface area contributed by atoms with Crippen molar-refractivity contribution in [2.75, 3.05) is 5.88 Å². The lowest BCUT2D eigenvalue weighted by Crippen LogP contribution is -2.13. The Hall–Kier alpha value is -0.910. The van der Waals surface area contributed by atoms with E-state index in [0.29, 0.717) is 5.88 Å². The maximum atomic E-state index is 5.96. The molecule has 3 nitrogen and oxygen atoms in total. The lowest BCUT2D eigenvalue weighted by Gasteiger charge is -2.18. The molecule has 0 saturated carbocycles. The SMILES string of the molecule is CCC(c1cccs1)n1c(CCCl)nc2cc(Br)cnc21. The molecular weight excluding hydrogens is 370 g/mol. The molecule has 0 bridgehead atoms. The van der Waals surface area contributed by atoms with Crippen LogP contribution in [0.5, 0.6) is 0 Å². The fourth-order valence-corrected chi connectivity index (χ4v) is 3.97. The first-order valence-corrected chi connectivity index (χ1v) is 9.07. The molecule has 0 saturated heterocycles. The molecule has 0 amide bonds. The highest BCUT2D eigenvalue weighted by atomic mass is 79.9. The highest BCUT2D eigenvalue weighted by molar-refractivity contribution is 9.10. The molecule has 0 aliphatic carbocycles. The number of aryl methyl sites for hydroxylation is 1. The summed E-state index contributed by atoms with van der Waals surface area (Å²) in [7, 11) is 0. The highest BCUT2D eigenvalue weighted by Crippen LogP contribution is 2.31. The number of thiophene rings is 1. The lowest BCUT2D eigenvalue weighted by atomic mass is 10.1. The molecule has 0 fully saturated rings. The van der Waals surface area contributed by atoms with Crippen LogP contribution < -0.4 is 0 Å². The summed E-state index contributed by atoms with van der Waals surface area (Å²) >= 11 is 11.2. The Labute approximate surface area is 141 Å². The minimum atomic E-state index is 0.266. The second-order valence-corrected chi connectivity index (χ2v) is 7.05. The maximum absolute atomic E-state index is 5.96. The van der Waals surface area contributed by atoms with E-state index < -0.39 is 0 Å².